The fourth-order valence-electron chi connectivity index (χ4n) is 10.1. The van der Waals surface area contributed by atoms with E-state index in [1.807, 2.05) is 5.57 Å². The first kappa shape index (κ1) is 30.2. The van der Waals surface area contributed by atoms with Gasteiger partial charge in [0.2, 0.25) is 0 Å². The van der Waals surface area contributed by atoms with Crippen molar-refractivity contribution in [1.82, 2.24) is 0 Å². The van der Waals surface area contributed by atoms with E-state index in [2.05, 4.69) is 71.0 Å². The van der Waals surface area contributed by atoms with E-state index < -0.39 is 0 Å². The summed E-state index contributed by atoms with van der Waals surface area (Å²) in [5.74, 6) is 8.29. The molecule has 3 saturated carbocycles. The molecule has 0 bridgehead atoms. The summed E-state index contributed by atoms with van der Waals surface area (Å²) < 4.78 is 0. The summed E-state index contributed by atoms with van der Waals surface area (Å²) in [5.41, 5.74) is 6.66. The summed E-state index contributed by atoms with van der Waals surface area (Å²) in [5, 5.41) is 0. The Labute approximate surface area is 248 Å². The Kier molecular flexibility index (Phi) is 10.7. The van der Waals surface area contributed by atoms with Crippen molar-refractivity contribution < 1.29 is 0 Å². The highest BCUT2D eigenvalue weighted by atomic mass is 14.5. The molecule has 0 aliphatic heterocycles. The van der Waals surface area contributed by atoms with Gasteiger partial charge < -0.3 is 0 Å². The molecule has 5 rings (SSSR count). The molecule has 40 heavy (non-hydrogen) atoms. The lowest BCUT2D eigenvalue weighted by atomic mass is 9.57. The molecule has 7 atom stereocenters. The number of benzene rings is 1. The zero-order valence-corrected chi connectivity index (χ0v) is 27.0. The van der Waals surface area contributed by atoms with Crippen molar-refractivity contribution in [2.75, 3.05) is 0 Å². The summed E-state index contributed by atoms with van der Waals surface area (Å²) in [6.45, 7) is 12.2. The first-order valence-electron chi connectivity index (χ1n) is 18.0. The van der Waals surface area contributed by atoms with Crippen LogP contribution in [0.15, 0.2) is 47.6 Å². The molecule has 222 valence electrons. The summed E-state index contributed by atoms with van der Waals surface area (Å²) in [6.07, 6.45) is 27.7. The maximum Gasteiger partial charge on any atom is -0.0162 e. The van der Waals surface area contributed by atoms with Crippen LogP contribution in [0.1, 0.15) is 148 Å². The highest BCUT2D eigenvalue weighted by molar-refractivity contribution is 5.28. The normalized spacial score (nSPS) is 37.1. The van der Waals surface area contributed by atoms with E-state index in [1.54, 1.807) is 17.6 Å². The van der Waals surface area contributed by atoms with Crippen LogP contribution < -0.4 is 0 Å². The van der Waals surface area contributed by atoms with Gasteiger partial charge in [0.1, 0.15) is 0 Å². The Balaban J connectivity index is 1.21. The average molecular weight is 543 g/mol. The Morgan fingerprint density at radius 1 is 0.650 bits per heavy atom. The topological polar surface area (TPSA) is 0 Å². The van der Waals surface area contributed by atoms with Gasteiger partial charge in [-0.05, 0) is 148 Å². The summed E-state index contributed by atoms with van der Waals surface area (Å²) in [4.78, 5) is 0. The lowest BCUT2D eigenvalue weighted by Crippen LogP contribution is -2.39. The van der Waals surface area contributed by atoms with Gasteiger partial charge in [0.05, 0.1) is 0 Å². The van der Waals surface area contributed by atoms with Gasteiger partial charge in [-0.2, -0.15) is 0 Å². The van der Waals surface area contributed by atoms with Crippen LogP contribution in [0.25, 0.3) is 0 Å². The SMILES string of the molecule is CCCC1=CC=C(C2CCC(C)C(C3CC(C4CCC(c5ccc(CCC)cc5)CC4)CCC3CC)C2)CC1C. The van der Waals surface area contributed by atoms with E-state index in [9.17, 15) is 0 Å². The van der Waals surface area contributed by atoms with Crippen LogP contribution in [0.5, 0.6) is 0 Å². The first-order chi connectivity index (χ1) is 19.5. The van der Waals surface area contributed by atoms with E-state index in [0.717, 1.165) is 53.3 Å². The molecule has 1 aromatic rings. The quantitative estimate of drug-likeness (QED) is 0.291. The Bertz CT molecular complexity index is 970. The van der Waals surface area contributed by atoms with Crippen molar-refractivity contribution in [1.29, 1.82) is 0 Å². The molecule has 0 nitrogen and oxygen atoms in total. The fraction of sp³-hybridized carbons (Fsp3) is 0.750. The van der Waals surface area contributed by atoms with Crippen LogP contribution in [-0.2, 0) is 6.42 Å². The van der Waals surface area contributed by atoms with Crippen LogP contribution in [0, 0.1) is 47.3 Å². The smallest absolute Gasteiger partial charge is 0.0162 e. The van der Waals surface area contributed by atoms with Gasteiger partial charge in [0, 0.05) is 0 Å². The zero-order chi connectivity index (χ0) is 28.1. The Hall–Kier alpha value is -1.30. The second kappa shape index (κ2) is 14.2. The lowest BCUT2D eigenvalue weighted by Gasteiger charge is -2.48. The van der Waals surface area contributed by atoms with E-state index in [-0.39, 0.29) is 0 Å². The number of rotatable bonds is 9. The molecular weight excluding hydrogens is 480 g/mol. The minimum absolute atomic E-state index is 0.768. The van der Waals surface area contributed by atoms with E-state index >= 15 is 0 Å². The second-order valence-electron chi connectivity index (χ2n) is 15.0. The number of hydrogen-bond acceptors (Lipinski definition) is 0. The van der Waals surface area contributed by atoms with Gasteiger partial charge in [0.25, 0.3) is 0 Å². The van der Waals surface area contributed by atoms with Gasteiger partial charge in [0.15, 0.2) is 0 Å². The molecule has 0 heteroatoms. The molecule has 1 aromatic carbocycles. The molecule has 3 fully saturated rings. The van der Waals surface area contributed by atoms with E-state index in [1.165, 1.54) is 102 Å². The molecule has 0 N–H and O–H groups in total. The molecule has 4 aliphatic carbocycles. The minimum Gasteiger partial charge on any atom is -0.0671 e. The Morgan fingerprint density at radius 2 is 1.35 bits per heavy atom. The predicted octanol–water partition coefficient (Wildman–Crippen LogP) is 12.1. The summed E-state index contributed by atoms with van der Waals surface area (Å²) >= 11 is 0. The number of hydrogen-bond donors (Lipinski definition) is 0. The van der Waals surface area contributed by atoms with E-state index in [4.69, 9.17) is 0 Å². The van der Waals surface area contributed by atoms with Gasteiger partial charge in [-0.15, -0.1) is 0 Å². The van der Waals surface area contributed by atoms with Gasteiger partial charge >= 0.3 is 0 Å². The molecule has 4 aliphatic rings. The average Bonchev–Trinajstić information content (AvgIpc) is 2.99. The van der Waals surface area contributed by atoms with E-state index in [0.29, 0.717) is 0 Å². The van der Waals surface area contributed by atoms with Crippen molar-refractivity contribution in [2.45, 2.75) is 143 Å². The van der Waals surface area contributed by atoms with Crippen molar-refractivity contribution in [2.24, 2.45) is 47.3 Å². The van der Waals surface area contributed by atoms with Gasteiger partial charge in [-0.25, -0.2) is 0 Å². The molecular formula is C40H62. The molecule has 0 saturated heterocycles. The van der Waals surface area contributed by atoms with Gasteiger partial charge in [-0.1, -0.05) is 101 Å². The monoisotopic (exact) mass is 542 g/mol. The fourth-order valence-corrected chi connectivity index (χ4v) is 10.1. The van der Waals surface area contributed by atoms with Crippen LogP contribution in [-0.4, -0.2) is 0 Å². The summed E-state index contributed by atoms with van der Waals surface area (Å²) in [7, 11) is 0. The zero-order valence-electron chi connectivity index (χ0n) is 27.0. The largest absolute Gasteiger partial charge is 0.0671 e. The third kappa shape index (κ3) is 7.01. The van der Waals surface area contributed by atoms with Crippen LogP contribution in [0.2, 0.25) is 0 Å². The van der Waals surface area contributed by atoms with Crippen molar-refractivity contribution in [3.63, 3.8) is 0 Å². The molecule has 7 unspecified atom stereocenters. The molecule has 0 radical (unpaired) electrons. The molecule has 0 heterocycles. The third-order valence-corrected chi connectivity index (χ3v) is 12.6. The molecule has 0 aromatic heterocycles. The number of aryl methyl sites for hydroxylation is 1. The Morgan fingerprint density at radius 3 is 2.02 bits per heavy atom. The lowest BCUT2D eigenvalue weighted by molar-refractivity contribution is 0.0283. The predicted molar refractivity (Wildman–Crippen MR) is 175 cm³/mol. The standard InChI is InChI=1S/C40H62/c1-6-9-30-12-15-33(16-13-30)34-19-21-35(22-20-34)37-23-17-31(8-3)40(27-37)39-26-38(14-11-28(39)4)36-24-18-32(10-7-2)29(5)25-36/h12-13,15-16,18,24,28-29,31,34-35,37-40H,6-11,14,17,19-23,25-27H2,1-5H3. The molecule has 0 amide bonds. The second-order valence-corrected chi connectivity index (χ2v) is 15.0. The van der Waals surface area contributed by atoms with Gasteiger partial charge in [-0.3, -0.25) is 0 Å². The third-order valence-electron chi connectivity index (χ3n) is 12.6. The highest BCUT2D eigenvalue weighted by Gasteiger charge is 2.42. The van der Waals surface area contributed by atoms with Crippen LogP contribution in [0.3, 0.4) is 0 Å². The van der Waals surface area contributed by atoms with Crippen LogP contribution >= 0.6 is 0 Å². The minimum atomic E-state index is 0.768. The molecule has 0 spiro atoms. The van der Waals surface area contributed by atoms with Crippen molar-refractivity contribution in [3.8, 4) is 0 Å². The van der Waals surface area contributed by atoms with Crippen molar-refractivity contribution >= 4 is 0 Å². The maximum atomic E-state index is 2.63. The first-order valence-corrected chi connectivity index (χ1v) is 18.0. The number of allylic oxidation sites excluding steroid dienone is 4. The van der Waals surface area contributed by atoms with Crippen LogP contribution in [0.4, 0.5) is 0 Å². The summed E-state index contributed by atoms with van der Waals surface area (Å²) in [6, 6.07) is 9.74. The highest BCUT2D eigenvalue weighted by Crippen LogP contribution is 2.53. The maximum absolute atomic E-state index is 2.63. The van der Waals surface area contributed by atoms with Crippen molar-refractivity contribution in [3.05, 3.63) is 58.7 Å².